The van der Waals surface area contributed by atoms with E-state index in [1.165, 1.54) is 50.5 Å². The van der Waals surface area contributed by atoms with Gasteiger partial charge in [0.05, 0.1) is 7.11 Å². The number of ether oxygens (including phenoxy) is 1. The third-order valence-corrected chi connectivity index (χ3v) is 4.89. The fraction of sp³-hybridized carbons (Fsp3) is 0.684. The lowest BCUT2D eigenvalue weighted by molar-refractivity contribution is 0.392. The molecule has 0 radical (unpaired) electrons. The molecule has 0 spiro atoms. The van der Waals surface area contributed by atoms with Crippen molar-refractivity contribution in [3.63, 3.8) is 0 Å². The number of nitrogens with one attached hydrogen (secondary N) is 1. The highest BCUT2D eigenvalue weighted by Crippen LogP contribution is 2.28. The van der Waals surface area contributed by atoms with E-state index >= 15 is 0 Å². The van der Waals surface area contributed by atoms with Gasteiger partial charge in [0.2, 0.25) is 0 Å². The van der Waals surface area contributed by atoms with Crippen LogP contribution in [0.25, 0.3) is 0 Å². The van der Waals surface area contributed by atoms with Crippen LogP contribution in [0.5, 0.6) is 5.75 Å². The lowest BCUT2D eigenvalue weighted by atomic mass is 9.95. The molecule has 0 aliphatic heterocycles. The van der Waals surface area contributed by atoms with Crippen molar-refractivity contribution in [3.05, 3.63) is 29.8 Å². The van der Waals surface area contributed by atoms with E-state index in [9.17, 15) is 0 Å². The largest absolute Gasteiger partial charge is 0.497 e. The van der Waals surface area contributed by atoms with Gasteiger partial charge < -0.3 is 10.1 Å². The highest BCUT2D eigenvalue weighted by molar-refractivity contribution is 5.28. The first-order valence-electron chi connectivity index (χ1n) is 8.63. The average Bonchev–Trinajstić information content (AvgIpc) is 2.73. The van der Waals surface area contributed by atoms with Gasteiger partial charge in [0.15, 0.2) is 0 Å². The highest BCUT2D eigenvalue weighted by Gasteiger charge is 2.19. The van der Waals surface area contributed by atoms with E-state index in [0.717, 1.165) is 11.7 Å². The quantitative estimate of drug-likeness (QED) is 0.736. The van der Waals surface area contributed by atoms with E-state index in [-0.39, 0.29) is 0 Å². The van der Waals surface area contributed by atoms with Gasteiger partial charge in [-0.2, -0.15) is 0 Å². The molecule has 21 heavy (non-hydrogen) atoms. The van der Waals surface area contributed by atoms with E-state index in [1.54, 1.807) is 7.11 Å². The maximum absolute atomic E-state index is 5.23. The molecule has 2 nitrogen and oxygen atoms in total. The maximum atomic E-state index is 5.23. The molecule has 0 aromatic heterocycles. The van der Waals surface area contributed by atoms with Crippen LogP contribution in [0.1, 0.15) is 70.4 Å². The van der Waals surface area contributed by atoms with E-state index in [4.69, 9.17) is 4.74 Å². The molecule has 2 heteroatoms. The summed E-state index contributed by atoms with van der Waals surface area (Å²) in [5.74, 6) is 1.90. The Morgan fingerprint density at radius 1 is 1.14 bits per heavy atom. The molecule has 1 aromatic rings. The monoisotopic (exact) mass is 289 g/mol. The molecule has 3 atom stereocenters. The molecular formula is C19H31NO. The lowest BCUT2D eigenvalue weighted by Gasteiger charge is -2.22. The maximum Gasteiger partial charge on any atom is 0.118 e. The van der Waals surface area contributed by atoms with Crippen LogP contribution in [0.2, 0.25) is 0 Å². The summed E-state index contributed by atoms with van der Waals surface area (Å²) in [5, 5.41) is 3.83. The average molecular weight is 289 g/mol. The van der Waals surface area contributed by atoms with Gasteiger partial charge in [-0.15, -0.1) is 0 Å². The summed E-state index contributed by atoms with van der Waals surface area (Å²) < 4.78 is 5.23. The fourth-order valence-corrected chi connectivity index (χ4v) is 3.58. The smallest absolute Gasteiger partial charge is 0.118 e. The second kappa shape index (κ2) is 8.43. The first-order chi connectivity index (χ1) is 10.2. The summed E-state index contributed by atoms with van der Waals surface area (Å²) in [7, 11) is 1.72. The second-order valence-corrected chi connectivity index (χ2v) is 6.52. The van der Waals surface area contributed by atoms with Gasteiger partial charge in [-0.25, -0.2) is 0 Å². The van der Waals surface area contributed by atoms with E-state index in [1.807, 2.05) is 0 Å². The lowest BCUT2D eigenvalue weighted by Crippen LogP contribution is -2.31. The van der Waals surface area contributed by atoms with E-state index < -0.39 is 0 Å². The van der Waals surface area contributed by atoms with Gasteiger partial charge in [-0.3, -0.25) is 0 Å². The van der Waals surface area contributed by atoms with Crippen molar-refractivity contribution in [1.29, 1.82) is 0 Å². The zero-order chi connectivity index (χ0) is 15.1. The van der Waals surface area contributed by atoms with Crippen LogP contribution in [0.4, 0.5) is 0 Å². The molecule has 0 amide bonds. The molecule has 2 rings (SSSR count). The molecule has 1 saturated carbocycles. The number of hydrogen-bond donors (Lipinski definition) is 1. The van der Waals surface area contributed by atoms with Crippen molar-refractivity contribution in [1.82, 2.24) is 5.32 Å². The Morgan fingerprint density at radius 3 is 2.57 bits per heavy atom. The van der Waals surface area contributed by atoms with Gasteiger partial charge >= 0.3 is 0 Å². The zero-order valence-corrected chi connectivity index (χ0v) is 13.9. The SMILES string of the molecule is CCCC1CCCC(N[C@H](C)c2ccc(OC)cc2)CC1. The van der Waals surface area contributed by atoms with Crippen molar-refractivity contribution in [2.45, 2.75) is 70.9 Å². The minimum Gasteiger partial charge on any atom is -0.497 e. The van der Waals surface area contributed by atoms with Crippen LogP contribution >= 0.6 is 0 Å². The van der Waals surface area contributed by atoms with Gasteiger partial charge in [0, 0.05) is 12.1 Å². The van der Waals surface area contributed by atoms with Gasteiger partial charge in [0.25, 0.3) is 0 Å². The summed E-state index contributed by atoms with van der Waals surface area (Å²) in [4.78, 5) is 0. The standard InChI is InChI=1S/C19H31NO/c1-4-6-16-7-5-8-18(12-9-16)20-15(2)17-10-13-19(21-3)14-11-17/h10-11,13-16,18,20H,4-9,12H2,1-3H3/t15-,16?,18?/m1/s1. The summed E-state index contributed by atoms with van der Waals surface area (Å²) in [6, 6.07) is 9.56. The Morgan fingerprint density at radius 2 is 1.90 bits per heavy atom. The molecule has 1 aliphatic carbocycles. The molecule has 0 heterocycles. The van der Waals surface area contributed by atoms with Crippen molar-refractivity contribution >= 4 is 0 Å². The summed E-state index contributed by atoms with van der Waals surface area (Å²) in [5.41, 5.74) is 1.35. The predicted octanol–water partition coefficient (Wildman–Crippen LogP) is 5.09. The van der Waals surface area contributed by atoms with Crippen LogP contribution in [0, 0.1) is 5.92 Å². The van der Waals surface area contributed by atoms with Crippen LogP contribution in [-0.2, 0) is 0 Å². The fourth-order valence-electron chi connectivity index (χ4n) is 3.58. The van der Waals surface area contributed by atoms with Crippen molar-refractivity contribution < 1.29 is 4.74 Å². The molecular weight excluding hydrogens is 258 g/mol. The Bertz CT molecular complexity index is 401. The molecule has 1 aliphatic rings. The molecule has 118 valence electrons. The first kappa shape index (κ1) is 16.4. The van der Waals surface area contributed by atoms with Crippen LogP contribution < -0.4 is 10.1 Å². The first-order valence-corrected chi connectivity index (χ1v) is 8.63. The van der Waals surface area contributed by atoms with Crippen LogP contribution in [-0.4, -0.2) is 13.2 Å². The Hall–Kier alpha value is -1.02. The number of rotatable bonds is 6. The molecule has 1 fully saturated rings. The van der Waals surface area contributed by atoms with Gasteiger partial charge in [-0.1, -0.05) is 44.7 Å². The molecule has 2 unspecified atom stereocenters. The second-order valence-electron chi connectivity index (χ2n) is 6.52. The van der Waals surface area contributed by atoms with Crippen molar-refractivity contribution in [2.75, 3.05) is 7.11 Å². The van der Waals surface area contributed by atoms with Crippen LogP contribution in [0.15, 0.2) is 24.3 Å². The topological polar surface area (TPSA) is 21.3 Å². The number of hydrogen-bond acceptors (Lipinski definition) is 2. The normalized spacial score (nSPS) is 24.3. The third kappa shape index (κ3) is 5.03. The number of methoxy groups -OCH3 is 1. The summed E-state index contributed by atoms with van der Waals surface area (Å²) >= 11 is 0. The third-order valence-electron chi connectivity index (χ3n) is 4.89. The van der Waals surface area contributed by atoms with Gasteiger partial charge in [0.1, 0.15) is 5.75 Å². The minimum absolute atomic E-state index is 0.420. The van der Waals surface area contributed by atoms with Crippen molar-refractivity contribution in [2.24, 2.45) is 5.92 Å². The Balaban J connectivity index is 1.85. The van der Waals surface area contributed by atoms with E-state index in [0.29, 0.717) is 12.1 Å². The highest BCUT2D eigenvalue weighted by atomic mass is 16.5. The van der Waals surface area contributed by atoms with Crippen LogP contribution in [0.3, 0.4) is 0 Å². The van der Waals surface area contributed by atoms with E-state index in [2.05, 4.69) is 43.4 Å². The Labute approximate surface area is 130 Å². The number of benzene rings is 1. The van der Waals surface area contributed by atoms with Crippen molar-refractivity contribution in [3.8, 4) is 5.75 Å². The molecule has 0 saturated heterocycles. The van der Waals surface area contributed by atoms with Gasteiger partial charge in [-0.05, 0) is 49.8 Å². The Kier molecular flexibility index (Phi) is 6.56. The summed E-state index contributed by atoms with van der Waals surface area (Å²) in [6.45, 7) is 4.59. The molecule has 0 bridgehead atoms. The predicted molar refractivity (Wildman–Crippen MR) is 89.8 cm³/mol. The molecule has 1 N–H and O–H groups in total. The summed E-state index contributed by atoms with van der Waals surface area (Å²) in [6.07, 6.45) is 9.65. The minimum atomic E-state index is 0.420. The zero-order valence-electron chi connectivity index (χ0n) is 13.9. The molecule has 1 aromatic carbocycles.